The van der Waals surface area contributed by atoms with Crippen molar-refractivity contribution in [1.29, 1.82) is 0 Å². The highest BCUT2D eigenvalue weighted by molar-refractivity contribution is 4.80. The molecule has 1 aliphatic carbocycles. The van der Waals surface area contributed by atoms with Gasteiger partial charge in [0, 0.05) is 12.6 Å². The van der Waals surface area contributed by atoms with Crippen LogP contribution >= 0.6 is 0 Å². The Labute approximate surface area is 112 Å². The molecule has 3 heteroatoms. The van der Waals surface area contributed by atoms with Crippen molar-refractivity contribution in [1.82, 2.24) is 5.32 Å². The van der Waals surface area contributed by atoms with E-state index < -0.39 is 0 Å². The van der Waals surface area contributed by atoms with Crippen LogP contribution in [-0.4, -0.2) is 38.5 Å². The second-order valence-corrected chi connectivity index (χ2v) is 5.78. The number of hydrogen-bond donors (Lipinski definition) is 1. The quantitative estimate of drug-likeness (QED) is 0.759. The zero-order valence-corrected chi connectivity index (χ0v) is 11.8. The van der Waals surface area contributed by atoms with Crippen molar-refractivity contribution in [3.05, 3.63) is 0 Å². The van der Waals surface area contributed by atoms with Crippen LogP contribution < -0.4 is 5.32 Å². The predicted molar refractivity (Wildman–Crippen MR) is 73.8 cm³/mol. The fourth-order valence-electron chi connectivity index (χ4n) is 3.11. The van der Waals surface area contributed by atoms with E-state index in [1.54, 1.807) is 0 Å². The van der Waals surface area contributed by atoms with Gasteiger partial charge in [-0.2, -0.15) is 0 Å². The molecular formula is C15H29NO2. The van der Waals surface area contributed by atoms with E-state index in [1.807, 2.05) is 0 Å². The standard InChI is InChI=1S/C15H29NO2/c1-2-9-16-15(13-6-4-3-5-7-13)12-18-14-8-10-17-11-14/h13-16H,2-12H2,1H3. The number of ether oxygens (including phenoxy) is 2. The Morgan fingerprint density at radius 1 is 1.22 bits per heavy atom. The summed E-state index contributed by atoms with van der Waals surface area (Å²) in [5, 5.41) is 3.70. The Kier molecular flexibility index (Phi) is 6.46. The summed E-state index contributed by atoms with van der Waals surface area (Å²) < 4.78 is 11.4. The third-order valence-corrected chi connectivity index (χ3v) is 4.27. The Balaban J connectivity index is 1.75. The van der Waals surface area contributed by atoms with E-state index in [4.69, 9.17) is 9.47 Å². The van der Waals surface area contributed by atoms with Crippen LogP contribution in [0.1, 0.15) is 51.9 Å². The van der Waals surface area contributed by atoms with E-state index in [0.29, 0.717) is 12.1 Å². The third-order valence-electron chi connectivity index (χ3n) is 4.27. The van der Waals surface area contributed by atoms with Gasteiger partial charge in [-0.3, -0.25) is 0 Å². The van der Waals surface area contributed by atoms with Gasteiger partial charge in [0.15, 0.2) is 0 Å². The minimum Gasteiger partial charge on any atom is -0.379 e. The molecular weight excluding hydrogens is 226 g/mol. The summed E-state index contributed by atoms with van der Waals surface area (Å²) in [6.45, 7) is 5.90. The van der Waals surface area contributed by atoms with Crippen molar-refractivity contribution in [3.8, 4) is 0 Å². The molecule has 0 spiro atoms. The van der Waals surface area contributed by atoms with Gasteiger partial charge in [0.1, 0.15) is 0 Å². The molecule has 0 aromatic carbocycles. The van der Waals surface area contributed by atoms with E-state index in [0.717, 1.165) is 38.7 Å². The molecule has 1 saturated heterocycles. The van der Waals surface area contributed by atoms with Crippen molar-refractivity contribution in [2.75, 3.05) is 26.4 Å². The topological polar surface area (TPSA) is 30.5 Å². The lowest BCUT2D eigenvalue weighted by Gasteiger charge is -2.31. The monoisotopic (exact) mass is 255 g/mol. The highest BCUT2D eigenvalue weighted by Crippen LogP contribution is 2.27. The third kappa shape index (κ3) is 4.52. The predicted octanol–water partition coefficient (Wildman–Crippen LogP) is 2.74. The first kappa shape index (κ1) is 14.3. The molecule has 2 unspecified atom stereocenters. The summed E-state index contributed by atoms with van der Waals surface area (Å²) in [6.07, 6.45) is 9.62. The largest absolute Gasteiger partial charge is 0.379 e. The lowest BCUT2D eigenvalue weighted by molar-refractivity contribution is 0.0170. The second-order valence-electron chi connectivity index (χ2n) is 5.78. The van der Waals surface area contributed by atoms with Crippen LogP contribution in [0.25, 0.3) is 0 Å². The Bertz CT molecular complexity index is 211. The van der Waals surface area contributed by atoms with Crippen LogP contribution in [0.15, 0.2) is 0 Å². The molecule has 0 radical (unpaired) electrons. The molecule has 1 aliphatic heterocycles. The fraction of sp³-hybridized carbons (Fsp3) is 1.00. The summed E-state index contributed by atoms with van der Waals surface area (Å²) in [7, 11) is 0. The van der Waals surface area contributed by atoms with E-state index >= 15 is 0 Å². The molecule has 2 fully saturated rings. The van der Waals surface area contributed by atoms with Crippen molar-refractivity contribution in [2.24, 2.45) is 5.92 Å². The first-order valence-electron chi connectivity index (χ1n) is 7.83. The molecule has 106 valence electrons. The average molecular weight is 255 g/mol. The zero-order chi connectivity index (χ0) is 12.6. The molecule has 1 saturated carbocycles. The molecule has 3 nitrogen and oxygen atoms in total. The van der Waals surface area contributed by atoms with Crippen LogP contribution in [0, 0.1) is 5.92 Å². The molecule has 0 aromatic rings. The highest BCUT2D eigenvalue weighted by Gasteiger charge is 2.25. The van der Waals surface area contributed by atoms with Gasteiger partial charge in [-0.1, -0.05) is 26.2 Å². The highest BCUT2D eigenvalue weighted by atomic mass is 16.5. The second kappa shape index (κ2) is 8.13. The van der Waals surface area contributed by atoms with Gasteiger partial charge in [-0.25, -0.2) is 0 Å². The molecule has 2 rings (SSSR count). The van der Waals surface area contributed by atoms with Gasteiger partial charge >= 0.3 is 0 Å². The van der Waals surface area contributed by atoms with Crippen molar-refractivity contribution >= 4 is 0 Å². The number of rotatable bonds is 7. The Morgan fingerprint density at radius 3 is 2.72 bits per heavy atom. The van der Waals surface area contributed by atoms with Crippen molar-refractivity contribution < 1.29 is 9.47 Å². The number of hydrogen-bond acceptors (Lipinski definition) is 3. The van der Waals surface area contributed by atoms with Gasteiger partial charge in [0.25, 0.3) is 0 Å². The minimum atomic E-state index is 0.347. The fourth-order valence-corrected chi connectivity index (χ4v) is 3.11. The summed E-state index contributed by atoms with van der Waals surface area (Å²) >= 11 is 0. The normalized spacial score (nSPS) is 27.5. The Hall–Kier alpha value is -0.120. The van der Waals surface area contributed by atoms with E-state index in [2.05, 4.69) is 12.2 Å². The van der Waals surface area contributed by atoms with Crippen LogP contribution in [0.3, 0.4) is 0 Å². The maximum Gasteiger partial charge on any atom is 0.0831 e. The lowest BCUT2D eigenvalue weighted by Crippen LogP contribution is -2.42. The van der Waals surface area contributed by atoms with Crippen LogP contribution in [-0.2, 0) is 9.47 Å². The SMILES string of the molecule is CCCNC(COC1CCOC1)C1CCCCC1. The minimum absolute atomic E-state index is 0.347. The van der Waals surface area contributed by atoms with Crippen molar-refractivity contribution in [2.45, 2.75) is 64.0 Å². The first-order chi connectivity index (χ1) is 8.90. The zero-order valence-electron chi connectivity index (χ0n) is 11.8. The van der Waals surface area contributed by atoms with Crippen LogP contribution in [0.2, 0.25) is 0 Å². The van der Waals surface area contributed by atoms with Crippen LogP contribution in [0.5, 0.6) is 0 Å². The Morgan fingerprint density at radius 2 is 2.06 bits per heavy atom. The molecule has 18 heavy (non-hydrogen) atoms. The van der Waals surface area contributed by atoms with Gasteiger partial charge < -0.3 is 14.8 Å². The van der Waals surface area contributed by atoms with E-state index in [1.165, 1.54) is 38.5 Å². The lowest BCUT2D eigenvalue weighted by atomic mass is 9.84. The van der Waals surface area contributed by atoms with Gasteiger partial charge in [-0.15, -0.1) is 0 Å². The number of nitrogens with one attached hydrogen (secondary N) is 1. The summed E-state index contributed by atoms with van der Waals surface area (Å²) in [4.78, 5) is 0. The smallest absolute Gasteiger partial charge is 0.0831 e. The van der Waals surface area contributed by atoms with Gasteiger partial charge in [0.2, 0.25) is 0 Å². The van der Waals surface area contributed by atoms with E-state index in [-0.39, 0.29) is 0 Å². The van der Waals surface area contributed by atoms with E-state index in [9.17, 15) is 0 Å². The molecule has 0 amide bonds. The molecule has 2 atom stereocenters. The first-order valence-corrected chi connectivity index (χ1v) is 7.83. The molecule has 0 aromatic heterocycles. The molecule has 0 bridgehead atoms. The van der Waals surface area contributed by atoms with Gasteiger partial charge in [-0.05, 0) is 38.1 Å². The molecule has 2 aliphatic rings. The summed E-state index contributed by atoms with van der Waals surface area (Å²) in [5.41, 5.74) is 0. The summed E-state index contributed by atoms with van der Waals surface area (Å²) in [5.74, 6) is 0.827. The van der Waals surface area contributed by atoms with Crippen LogP contribution in [0.4, 0.5) is 0 Å². The molecule has 1 heterocycles. The maximum atomic E-state index is 6.03. The average Bonchev–Trinajstić information content (AvgIpc) is 2.93. The van der Waals surface area contributed by atoms with Gasteiger partial charge in [0.05, 0.1) is 19.3 Å². The van der Waals surface area contributed by atoms with Crippen molar-refractivity contribution in [3.63, 3.8) is 0 Å². The molecule has 1 N–H and O–H groups in total. The maximum absolute atomic E-state index is 6.03. The summed E-state index contributed by atoms with van der Waals surface area (Å²) in [6, 6.07) is 0.561.